The molecule has 0 saturated carbocycles. The maximum absolute atomic E-state index is 12.3. The second kappa shape index (κ2) is 7.25. The molecule has 1 N–H and O–H groups in total. The Morgan fingerprint density at radius 3 is 3.00 bits per heavy atom. The van der Waals surface area contributed by atoms with E-state index in [9.17, 15) is 4.79 Å². The molecule has 3 rings (SSSR count). The van der Waals surface area contributed by atoms with Gasteiger partial charge in [0.05, 0.1) is 5.56 Å². The summed E-state index contributed by atoms with van der Waals surface area (Å²) in [6.45, 7) is 1.68. The van der Waals surface area contributed by atoms with Crippen molar-refractivity contribution in [1.29, 1.82) is 0 Å². The van der Waals surface area contributed by atoms with Crippen molar-refractivity contribution in [2.24, 2.45) is 0 Å². The third-order valence-corrected chi connectivity index (χ3v) is 4.10. The molecule has 1 aliphatic rings. The maximum Gasteiger partial charge on any atom is 0.253 e. The quantitative estimate of drug-likeness (QED) is 0.914. The Morgan fingerprint density at radius 1 is 1.38 bits per heavy atom. The predicted molar refractivity (Wildman–Crippen MR) is 93.3 cm³/mol. The number of rotatable bonds is 4. The molecule has 0 unspecified atom stereocenters. The molecule has 1 fully saturated rings. The van der Waals surface area contributed by atoms with Crippen LogP contribution in [0.5, 0.6) is 0 Å². The second-order valence-electron chi connectivity index (χ2n) is 6.13. The smallest absolute Gasteiger partial charge is 0.253 e. The van der Waals surface area contributed by atoms with Crippen LogP contribution in [0.4, 0.5) is 11.6 Å². The molecule has 2 aromatic heterocycles. The van der Waals surface area contributed by atoms with Gasteiger partial charge in [0.1, 0.15) is 18.0 Å². The zero-order valence-electron chi connectivity index (χ0n) is 14.0. The van der Waals surface area contributed by atoms with Gasteiger partial charge < -0.3 is 15.1 Å². The number of pyridine rings is 1. The highest BCUT2D eigenvalue weighted by Crippen LogP contribution is 2.20. The lowest BCUT2D eigenvalue weighted by Gasteiger charge is -2.34. The van der Waals surface area contributed by atoms with E-state index >= 15 is 0 Å². The van der Waals surface area contributed by atoms with Crippen molar-refractivity contribution in [1.82, 2.24) is 20.3 Å². The maximum atomic E-state index is 12.3. The zero-order chi connectivity index (χ0) is 16.9. The number of anilines is 2. The largest absolute Gasteiger partial charge is 0.363 e. The summed E-state index contributed by atoms with van der Waals surface area (Å²) in [5.74, 6) is 1.70. The van der Waals surface area contributed by atoms with Gasteiger partial charge in [-0.2, -0.15) is 0 Å². The first kappa shape index (κ1) is 16.2. The fourth-order valence-electron chi connectivity index (χ4n) is 2.82. The summed E-state index contributed by atoms with van der Waals surface area (Å²) in [5.41, 5.74) is 0.589. The summed E-state index contributed by atoms with van der Waals surface area (Å²) < 4.78 is 0. The molecule has 0 aromatic carbocycles. The van der Waals surface area contributed by atoms with E-state index in [0.717, 1.165) is 37.6 Å². The van der Waals surface area contributed by atoms with E-state index in [1.807, 2.05) is 25.1 Å². The molecule has 0 spiro atoms. The van der Waals surface area contributed by atoms with Crippen LogP contribution in [0.2, 0.25) is 0 Å². The number of carbonyl (C=O) groups is 1. The Labute approximate surface area is 141 Å². The van der Waals surface area contributed by atoms with Gasteiger partial charge in [-0.25, -0.2) is 9.97 Å². The molecule has 7 heteroatoms. The molecule has 2 aromatic rings. The molecule has 1 saturated heterocycles. The molecule has 1 amide bonds. The van der Waals surface area contributed by atoms with Crippen molar-refractivity contribution in [2.75, 3.05) is 37.0 Å². The second-order valence-corrected chi connectivity index (χ2v) is 6.13. The standard InChI is InChI=1S/C17H22N6O/c1-22(2)15-9-16(20-12-19-15)23-8-4-6-14(11-23)21-17(24)13-5-3-7-18-10-13/h3,5,7,9-10,12,14H,4,6,8,11H2,1-2H3,(H,21,24)/t14-/m1/s1. The van der Waals surface area contributed by atoms with E-state index in [1.165, 1.54) is 0 Å². The van der Waals surface area contributed by atoms with E-state index in [-0.39, 0.29) is 11.9 Å². The molecule has 3 heterocycles. The number of carbonyl (C=O) groups excluding carboxylic acids is 1. The van der Waals surface area contributed by atoms with Gasteiger partial charge in [0.2, 0.25) is 0 Å². The Kier molecular flexibility index (Phi) is 4.88. The third-order valence-electron chi connectivity index (χ3n) is 4.10. The predicted octanol–water partition coefficient (Wildman–Crippen LogP) is 1.34. The van der Waals surface area contributed by atoms with E-state index in [0.29, 0.717) is 5.56 Å². The average molecular weight is 326 g/mol. The Bertz CT molecular complexity index is 690. The van der Waals surface area contributed by atoms with Crippen molar-refractivity contribution in [2.45, 2.75) is 18.9 Å². The van der Waals surface area contributed by atoms with Gasteiger partial charge in [0.25, 0.3) is 5.91 Å². The molecular formula is C17H22N6O. The van der Waals surface area contributed by atoms with Crippen LogP contribution in [0.15, 0.2) is 36.9 Å². The third kappa shape index (κ3) is 3.79. The van der Waals surface area contributed by atoms with Gasteiger partial charge in [0, 0.05) is 51.7 Å². The number of hydrogen-bond donors (Lipinski definition) is 1. The lowest BCUT2D eigenvalue weighted by molar-refractivity contribution is 0.0932. The number of piperidine rings is 1. The average Bonchev–Trinajstić information content (AvgIpc) is 2.63. The molecule has 1 aliphatic heterocycles. The van der Waals surface area contributed by atoms with E-state index in [1.54, 1.807) is 30.9 Å². The van der Waals surface area contributed by atoms with Crippen LogP contribution in [0.1, 0.15) is 23.2 Å². The van der Waals surface area contributed by atoms with Crippen molar-refractivity contribution in [3.8, 4) is 0 Å². The lowest BCUT2D eigenvalue weighted by atomic mass is 10.1. The lowest BCUT2D eigenvalue weighted by Crippen LogP contribution is -2.48. The van der Waals surface area contributed by atoms with E-state index in [2.05, 4.69) is 25.2 Å². The molecule has 1 atom stereocenters. The van der Waals surface area contributed by atoms with Crippen LogP contribution in [0.3, 0.4) is 0 Å². The van der Waals surface area contributed by atoms with Gasteiger partial charge in [-0.3, -0.25) is 9.78 Å². The monoisotopic (exact) mass is 326 g/mol. The number of hydrogen-bond acceptors (Lipinski definition) is 6. The molecule has 0 bridgehead atoms. The first-order valence-corrected chi connectivity index (χ1v) is 8.08. The topological polar surface area (TPSA) is 74.2 Å². The minimum atomic E-state index is -0.0772. The van der Waals surface area contributed by atoms with Crippen LogP contribution in [-0.2, 0) is 0 Å². The van der Waals surface area contributed by atoms with Crippen molar-refractivity contribution < 1.29 is 4.79 Å². The molecule has 126 valence electrons. The highest BCUT2D eigenvalue weighted by molar-refractivity contribution is 5.94. The molecular weight excluding hydrogens is 304 g/mol. The summed E-state index contributed by atoms with van der Waals surface area (Å²) in [6.07, 6.45) is 6.82. The highest BCUT2D eigenvalue weighted by Gasteiger charge is 2.23. The molecule has 7 nitrogen and oxygen atoms in total. The molecule has 24 heavy (non-hydrogen) atoms. The summed E-state index contributed by atoms with van der Waals surface area (Å²) >= 11 is 0. The van der Waals surface area contributed by atoms with Crippen LogP contribution < -0.4 is 15.1 Å². The van der Waals surface area contributed by atoms with Gasteiger partial charge in [-0.1, -0.05) is 0 Å². The number of amides is 1. The Balaban J connectivity index is 1.66. The van der Waals surface area contributed by atoms with E-state index < -0.39 is 0 Å². The minimum absolute atomic E-state index is 0.0772. The molecule has 0 radical (unpaired) electrons. The van der Waals surface area contributed by atoms with Crippen LogP contribution in [-0.4, -0.2) is 54.1 Å². The fourth-order valence-corrected chi connectivity index (χ4v) is 2.82. The van der Waals surface area contributed by atoms with Crippen LogP contribution in [0, 0.1) is 0 Å². The first-order chi connectivity index (χ1) is 11.6. The summed E-state index contributed by atoms with van der Waals surface area (Å²) in [6, 6.07) is 5.62. The summed E-state index contributed by atoms with van der Waals surface area (Å²) in [7, 11) is 3.92. The van der Waals surface area contributed by atoms with Crippen molar-refractivity contribution in [3.63, 3.8) is 0 Å². The number of nitrogens with zero attached hydrogens (tertiary/aromatic N) is 5. The number of nitrogens with one attached hydrogen (secondary N) is 1. The first-order valence-electron chi connectivity index (χ1n) is 8.08. The number of aromatic nitrogens is 3. The summed E-state index contributed by atoms with van der Waals surface area (Å²) in [5, 5.41) is 3.10. The SMILES string of the molecule is CN(C)c1cc(N2CCC[C@@H](NC(=O)c3cccnc3)C2)ncn1. The van der Waals surface area contributed by atoms with Crippen molar-refractivity contribution in [3.05, 3.63) is 42.5 Å². The van der Waals surface area contributed by atoms with Gasteiger partial charge >= 0.3 is 0 Å². The van der Waals surface area contributed by atoms with Gasteiger partial charge in [-0.15, -0.1) is 0 Å². The van der Waals surface area contributed by atoms with Crippen molar-refractivity contribution >= 4 is 17.5 Å². The zero-order valence-corrected chi connectivity index (χ0v) is 14.0. The van der Waals surface area contributed by atoms with Gasteiger partial charge in [-0.05, 0) is 25.0 Å². The minimum Gasteiger partial charge on any atom is -0.363 e. The van der Waals surface area contributed by atoms with E-state index in [4.69, 9.17) is 0 Å². The highest BCUT2D eigenvalue weighted by atomic mass is 16.1. The normalized spacial score (nSPS) is 17.4. The Hall–Kier alpha value is -2.70. The van der Waals surface area contributed by atoms with Crippen LogP contribution >= 0.6 is 0 Å². The molecule has 0 aliphatic carbocycles. The van der Waals surface area contributed by atoms with Crippen LogP contribution in [0.25, 0.3) is 0 Å². The van der Waals surface area contributed by atoms with Gasteiger partial charge in [0.15, 0.2) is 0 Å². The Morgan fingerprint density at radius 2 is 2.25 bits per heavy atom. The summed E-state index contributed by atoms with van der Waals surface area (Å²) in [4.78, 5) is 29.1. The fraction of sp³-hybridized carbons (Fsp3) is 0.412.